The van der Waals surface area contributed by atoms with E-state index in [1.807, 2.05) is 6.92 Å². The molecular formula is C14H28O2. The second kappa shape index (κ2) is 6.02. The van der Waals surface area contributed by atoms with Gasteiger partial charge < -0.3 is 9.47 Å². The molecule has 0 amide bonds. The lowest BCUT2D eigenvalue weighted by atomic mass is 9.78. The van der Waals surface area contributed by atoms with Crippen LogP contribution in [0.2, 0.25) is 0 Å². The Labute approximate surface area is 101 Å². The van der Waals surface area contributed by atoms with Gasteiger partial charge in [0.05, 0.1) is 12.2 Å². The van der Waals surface area contributed by atoms with Crippen molar-refractivity contribution in [2.24, 2.45) is 5.41 Å². The Balaban J connectivity index is 2.42. The largest absolute Gasteiger partial charge is 0.349 e. The third kappa shape index (κ3) is 3.46. The maximum Gasteiger partial charge on any atom is 0.155 e. The van der Waals surface area contributed by atoms with Crippen LogP contribution in [-0.4, -0.2) is 18.5 Å². The second-order valence-corrected chi connectivity index (χ2v) is 5.64. The summed E-state index contributed by atoms with van der Waals surface area (Å²) in [7, 11) is 0. The van der Waals surface area contributed by atoms with E-state index in [0.29, 0.717) is 6.10 Å². The van der Waals surface area contributed by atoms with Crippen molar-refractivity contribution in [1.82, 2.24) is 0 Å². The zero-order chi connectivity index (χ0) is 12.2. The zero-order valence-corrected chi connectivity index (χ0v) is 11.6. The van der Waals surface area contributed by atoms with E-state index in [4.69, 9.17) is 9.47 Å². The van der Waals surface area contributed by atoms with Crippen molar-refractivity contribution < 1.29 is 9.47 Å². The average molecular weight is 228 g/mol. The van der Waals surface area contributed by atoms with E-state index < -0.39 is 0 Å². The topological polar surface area (TPSA) is 18.5 Å². The van der Waals surface area contributed by atoms with Crippen molar-refractivity contribution >= 4 is 0 Å². The van der Waals surface area contributed by atoms with Gasteiger partial charge in [-0.25, -0.2) is 0 Å². The Morgan fingerprint density at radius 2 is 1.69 bits per heavy atom. The van der Waals surface area contributed by atoms with Crippen LogP contribution in [0.5, 0.6) is 0 Å². The highest BCUT2D eigenvalue weighted by molar-refractivity contribution is 4.87. The predicted molar refractivity (Wildman–Crippen MR) is 67.4 cm³/mol. The molecule has 3 atom stereocenters. The molecule has 1 heterocycles. The lowest BCUT2D eigenvalue weighted by Gasteiger charge is -2.46. The molecular weight excluding hydrogens is 200 g/mol. The standard InChI is InChI=1S/C14H28O2/c1-6-7-8-9-10-13-14(4,5)11(2)15-12(3)16-13/h11-13H,6-10H2,1-5H3/t11-,12-,13+/m1/s1. The van der Waals surface area contributed by atoms with Crippen molar-refractivity contribution in [1.29, 1.82) is 0 Å². The quantitative estimate of drug-likeness (QED) is 0.659. The second-order valence-electron chi connectivity index (χ2n) is 5.64. The summed E-state index contributed by atoms with van der Waals surface area (Å²) in [5.74, 6) is 0. The normalized spacial score (nSPS) is 33.9. The van der Waals surface area contributed by atoms with Crippen LogP contribution in [0, 0.1) is 5.41 Å². The zero-order valence-electron chi connectivity index (χ0n) is 11.6. The first-order chi connectivity index (χ1) is 7.48. The van der Waals surface area contributed by atoms with E-state index in [9.17, 15) is 0 Å². The van der Waals surface area contributed by atoms with Crippen LogP contribution in [0.25, 0.3) is 0 Å². The highest BCUT2D eigenvalue weighted by Crippen LogP contribution is 2.38. The van der Waals surface area contributed by atoms with Gasteiger partial charge in [-0.2, -0.15) is 0 Å². The van der Waals surface area contributed by atoms with Gasteiger partial charge in [0.1, 0.15) is 0 Å². The summed E-state index contributed by atoms with van der Waals surface area (Å²) in [6.45, 7) is 10.9. The number of ether oxygens (including phenoxy) is 2. The smallest absolute Gasteiger partial charge is 0.155 e. The van der Waals surface area contributed by atoms with Crippen molar-refractivity contribution in [3.05, 3.63) is 0 Å². The molecule has 0 aromatic carbocycles. The van der Waals surface area contributed by atoms with Crippen LogP contribution < -0.4 is 0 Å². The molecule has 0 aliphatic carbocycles. The molecule has 0 unspecified atom stereocenters. The average Bonchev–Trinajstić information content (AvgIpc) is 2.20. The Morgan fingerprint density at radius 3 is 2.31 bits per heavy atom. The van der Waals surface area contributed by atoms with Crippen LogP contribution in [0.1, 0.15) is 66.7 Å². The van der Waals surface area contributed by atoms with E-state index in [1.54, 1.807) is 0 Å². The van der Waals surface area contributed by atoms with Gasteiger partial charge in [-0.3, -0.25) is 0 Å². The van der Waals surface area contributed by atoms with Crippen LogP contribution in [0.3, 0.4) is 0 Å². The molecule has 0 aromatic rings. The molecule has 2 heteroatoms. The lowest BCUT2D eigenvalue weighted by Crippen LogP contribution is -2.50. The van der Waals surface area contributed by atoms with E-state index in [2.05, 4.69) is 27.7 Å². The molecule has 0 N–H and O–H groups in total. The van der Waals surface area contributed by atoms with E-state index in [1.165, 1.54) is 32.1 Å². The molecule has 0 bridgehead atoms. The molecule has 1 saturated heterocycles. The molecule has 1 aliphatic heterocycles. The monoisotopic (exact) mass is 228 g/mol. The Bertz CT molecular complexity index is 201. The highest BCUT2D eigenvalue weighted by Gasteiger charge is 2.41. The van der Waals surface area contributed by atoms with Crippen LogP contribution in [0.4, 0.5) is 0 Å². The van der Waals surface area contributed by atoms with Gasteiger partial charge >= 0.3 is 0 Å². The fourth-order valence-electron chi connectivity index (χ4n) is 2.36. The van der Waals surface area contributed by atoms with Gasteiger partial charge in [-0.05, 0) is 20.3 Å². The van der Waals surface area contributed by atoms with Crippen LogP contribution in [-0.2, 0) is 9.47 Å². The molecule has 2 nitrogen and oxygen atoms in total. The minimum absolute atomic E-state index is 0.0424. The fraction of sp³-hybridized carbons (Fsp3) is 1.00. The molecule has 0 aromatic heterocycles. The predicted octanol–water partition coefficient (Wildman–Crippen LogP) is 4.13. The number of hydrogen-bond acceptors (Lipinski definition) is 2. The molecule has 96 valence electrons. The van der Waals surface area contributed by atoms with Crippen molar-refractivity contribution in [3.8, 4) is 0 Å². The molecule has 1 fully saturated rings. The van der Waals surface area contributed by atoms with Gasteiger partial charge in [-0.15, -0.1) is 0 Å². The lowest BCUT2D eigenvalue weighted by molar-refractivity contribution is -0.283. The Hall–Kier alpha value is -0.0800. The van der Waals surface area contributed by atoms with Gasteiger partial charge in [-0.1, -0.05) is 46.5 Å². The third-order valence-electron chi connectivity index (χ3n) is 3.95. The fourth-order valence-corrected chi connectivity index (χ4v) is 2.36. The summed E-state index contributed by atoms with van der Waals surface area (Å²) in [4.78, 5) is 0. The molecule has 1 aliphatic rings. The van der Waals surface area contributed by atoms with E-state index in [0.717, 1.165) is 0 Å². The molecule has 0 spiro atoms. The first-order valence-electron chi connectivity index (χ1n) is 6.79. The molecule has 0 radical (unpaired) electrons. The summed E-state index contributed by atoms with van der Waals surface area (Å²) < 4.78 is 11.7. The number of rotatable bonds is 5. The van der Waals surface area contributed by atoms with E-state index >= 15 is 0 Å². The van der Waals surface area contributed by atoms with Crippen molar-refractivity contribution in [3.63, 3.8) is 0 Å². The van der Waals surface area contributed by atoms with E-state index in [-0.39, 0.29) is 17.8 Å². The maximum absolute atomic E-state index is 5.93. The molecule has 0 saturated carbocycles. The van der Waals surface area contributed by atoms with Gasteiger partial charge in [0, 0.05) is 5.41 Å². The summed E-state index contributed by atoms with van der Waals surface area (Å²) in [5.41, 5.74) is 0.138. The maximum atomic E-state index is 5.93. The van der Waals surface area contributed by atoms with Crippen LogP contribution >= 0.6 is 0 Å². The van der Waals surface area contributed by atoms with Gasteiger partial charge in [0.25, 0.3) is 0 Å². The van der Waals surface area contributed by atoms with Crippen molar-refractivity contribution in [2.75, 3.05) is 0 Å². The first kappa shape index (κ1) is 14.0. The van der Waals surface area contributed by atoms with Crippen molar-refractivity contribution in [2.45, 2.75) is 85.2 Å². The summed E-state index contributed by atoms with van der Waals surface area (Å²) in [6.07, 6.45) is 7.01. The van der Waals surface area contributed by atoms with Gasteiger partial charge in [0.15, 0.2) is 6.29 Å². The highest BCUT2D eigenvalue weighted by atomic mass is 16.7. The van der Waals surface area contributed by atoms with Gasteiger partial charge in [0.2, 0.25) is 0 Å². The first-order valence-corrected chi connectivity index (χ1v) is 6.79. The molecule has 16 heavy (non-hydrogen) atoms. The summed E-state index contributed by atoms with van der Waals surface area (Å²) in [6, 6.07) is 0. The summed E-state index contributed by atoms with van der Waals surface area (Å²) in [5, 5.41) is 0. The Kier molecular flexibility index (Phi) is 5.26. The number of unbranched alkanes of at least 4 members (excludes halogenated alkanes) is 3. The number of hydrogen-bond donors (Lipinski definition) is 0. The Morgan fingerprint density at radius 1 is 1.00 bits per heavy atom. The van der Waals surface area contributed by atoms with Crippen LogP contribution in [0.15, 0.2) is 0 Å². The SMILES string of the molecule is CCCCCC[C@@H]1O[C@H](C)O[C@H](C)C1(C)C. The summed E-state index contributed by atoms with van der Waals surface area (Å²) >= 11 is 0. The molecule has 1 rings (SSSR count). The minimum Gasteiger partial charge on any atom is -0.349 e. The third-order valence-corrected chi connectivity index (χ3v) is 3.95. The minimum atomic E-state index is -0.0424.